The van der Waals surface area contributed by atoms with Gasteiger partial charge in [0, 0.05) is 17.4 Å². The first-order valence-electron chi connectivity index (χ1n) is 4.56. The molecule has 1 aliphatic carbocycles. The molecule has 1 fully saturated rings. The van der Waals surface area contributed by atoms with E-state index in [0.29, 0.717) is 11.8 Å². The van der Waals surface area contributed by atoms with Crippen molar-refractivity contribution in [3.63, 3.8) is 0 Å². The Hall–Kier alpha value is -0.160. The Kier molecular flexibility index (Phi) is 3.06. The van der Waals surface area contributed by atoms with Gasteiger partial charge in [0.15, 0.2) is 0 Å². The van der Waals surface area contributed by atoms with Gasteiger partial charge in [0.05, 0.1) is 6.07 Å². The molecule has 1 nitrogen and oxygen atoms in total. The van der Waals surface area contributed by atoms with E-state index in [0.717, 1.165) is 16.9 Å². The minimum atomic E-state index is 0.582. The third-order valence-electron chi connectivity index (χ3n) is 2.75. The fraction of sp³-hybridized carbons (Fsp3) is 0.900. The first-order valence-corrected chi connectivity index (χ1v) is 5.61. The maximum absolute atomic E-state index is 8.37. The van der Waals surface area contributed by atoms with E-state index in [1.807, 2.05) is 11.8 Å². The molecule has 0 radical (unpaired) electrons. The van der Waals surface area contributed by atoms with E-state index in [-0.39, 0.29) is 0 Å². The predicted molar refractivity (Wildman–Crippen MR) is 54.0 cm³/mol. The van der Waals surface area contributed by atoms with Crippen LogP contribution in [0.5, 0.6) is 0 Å². The van der Waals surface area contributed by atoms with Crippen molar-refractivity contribution in [1.82, 2.24) is 0 Å². The van der Waals surface area contributed by atoms with Crippen LogP contribution in [0.1, 0.15) is 33.6 Å². The van der Waals surface area contributed by atoms with Gasteiger partial charge < -0.3 is 0 Å². The summed E-state index contributed by atoms with van der Waals surface area (Å²) in [6, 6.07) is 2.18. The van der Waals surface area contributed by atoms with Gasteiger partial charge in [-0.3, -0.25) is 0 Å². The molecule has 68 valence electrons. The average molecular weight is 183 g/mol. The van der Waals surface area contributed by atoms with E-state index in [2.05, 4.69) is 26.8 Å². The van der Waals surface area contributed by atoms with Gasteiger partial charge in [-0.2, -0.15) is 17.0 Å². The van der Waals surface area contributed by atoms with E-state index in [1.165, 1.54) is 6.42 Å². The van der Waals surface area contributed by atoms with Crippen molar-refractivity contribution in [3.8, 4) is 6.07 Å². The first-order chi connectivity index (χ1) is 5.58. The van der Waals surface area contributed by atoms with Gasteiger partial charge in [-0.15, -0.1) is 0 Å². The quantitative estimate of drug-likeness (QED) is 0.625. The van der Waals surface area contributed by atoms with E-state index >= 15 is 0 Å². The fourth-order valence-corrected chi connectivity index (χ4v) is 2.99. The highest BCUT2D eigenvalue weighted by molar-refractivity contribution is 7.99. The number of hydrogen-bond donors (Lipinski definition) is 0. The molecule has 2 heteroatoms. The van der Waals surface area contributed by atoms with Crippen LogP contribution in [0, 0.1) is 22.7 Å². The van der Waals surface area contributed by atoms with Gasteiger partial charge >= 0.3 is 0 Å². The molecule has 0 N–H and O–H groups in total. The Morgan fingerprint density at radius 1 is 1.67 bits per heavy atom. The topological polar surface area (TPSA) is 23.8 Å². The normalized spacial score (nSPS) is 27.7. The summed E-state index contributed by atoms with van der Waals surface area (Å²) in [7, 11) is 0. The summed E-state index contributed by atoms with van der Waals surface area (Å²) in [5, 5.41) is 9.12. The molecule has 2 atom stereocenters. The van der Waals surface area contributed by atoms with Crippen LogP contribution < -0.4 is 0 Å². The van der Waals surface area contributed by atoms with Gasteiger partial charge in [0.2, 0.25) is 0 Å². The highest BCUT2D eigenvalue weighted by Crippen LogP contribution is 2.56. The van der Waals surface area contributed by atoms with Crippen molar-refractivity contribution in [2.45, 2.75) is 38.9 Å². The summed E-state index contributed by atoms with van der Waals surface area (Å²) in [5.74, 6) is 1.89. The van der Waals surface area contributed by atoms with Crippen LogP contribution in [0.25, 0.3) is 0 Å². The molecule has 1 rings (SSSR count). The zero-order valence-electron chi connectivity index (χ0n) is 8.13. The number of rotatable bonds is 4. The maximum Gasteiger partial charge on any atom is 0.0630 e. The van der Waals surface area contributed by atoms with Crippen molar-refractivity contribution >= 4 is 11.8 Å². The van der Waals surface area contributed by atoms with Crippen molar-refractivity contribution in [2.75, 3.05) is 5.75 Å². The molecule has 2 unspecified atom stereocenters. The lowest BCUT2D eigenvalue weighted by atomic mass is 10.1. The van der Waals surface area contributed by atoms with Crippen LogP contribution in [0.4, 0.5) is 0 Å². The van der Waals surface area contributed by atoms with Gasteiger partial charge in [-0.1, -0.05) is 20.8 Å². The smallest absolute Gasteiger partial charge is 0.0630 e. The monoisotopic (exact) mass is 183 g/mol. The third kappa shape index (κ3) is 2.42. The lowest BCUT2D eigenvalue weighted by molar-refractivity contribution is 0.556. The molecule has 1 saturated carbocycles. The molecule has 0 aromatic carbocycles. The highest BCUT2D eigenvalue weighted by Gasteiger charge is 2.48. The van der Waals surface area contributed by atoms with Gasteiger partial charge in [0.25, 0.3) is 0 Å². The molecule has 0 saturated heterocycles. The lowest BCUT2D eigenvalue weighted by Gasteiger charge is -2.11. The standard InChI is InChI=1S/C10H17NS/c1-8(12-6-4-5-11)9-7-10(9,2)3/h8-9H,4,6-7H2,1-3H3. The van der Waals surface area contributed by atoms with Crippen molar-refractivity contribution in [3.05, 3.63) is 0 Å². The summed E-state index contributed by atoms with van der Waals surface area (Å²) in [6.45, 7) is 6.96. The van der Waals surface area contributed by atoms with Crippen molar-refractivity contribution in [2.24, 2.45) is 11.3 Å². The maximum atomic E-state index is 8.37. The van der Waals surface area contributed by atoms with E-state index in [9.17, 15) is 0 Å². The Morgan fingerprint density at radius 2 is 2.25 bits per heavy atom. The van der Waals surface area contributed by atoms with Gasteiger partial charge in [-0.05, 0) is 17.8 Å². The third-order valence-corrected chi connectivity index (χ3v) is 4.05. The fourth-order valence-electron chi connectivity index (χ4n) is 1.72. The Bertz CT molecular complexity index is 193. The summed E-state index contributed by atoms with van der Waals surface area (Å²) < 4.78 is 0. The van der Waals surface area contributed by atoms with Crippen LogP contribution in [0.2, 0.25) is 0 Å². The summed E-state index contributed by atoms with van der Waals surface area (Å²) in [5.41, 5.74) is 0.582. The van der Waals surface area contributed by atoms with E-state index in [1.54, 1.807) is 0 Å². The molecule has 0 amide bonds. The van der Waals surface area contributed by atoms with Crippen LogP contribution in [-0.2, 0) is 0 Å². The Labute approximate surface area is 79.5 Å². The van der Waals surface area contributed by atoms with Gasteiger partial charge in [-0.25, -0.2) is 0 Å². The molecule has 0 aromatic heterocycles. The summed E-state index contributed by atoms with van der Waals surface area (Å²) in [4.78, 5) is 0. The molecule has 12 heavy (non-hydrogen) atoms. The Morgan fingerprint density at radius 3 is 2.67 bits per heavy atom. The van der Waals surface area contributed by atoms with Crippen LogP contribution in [0.3, 0.4) is 0 Å². The zero-order chi connectivity index (χ0) is 9.19. The van der Waals surface area contributed by atoms with Gasteiger partial charge in [0.1, 0.15) is 0 Å². The second kappa shape index (κ2) is 3.70. The molecular formula is C10H17NS. The van der Waals surface area contributed by atoms with Crippen molar-refractivity contribution < 1.29 is 0 Å². The number of hydrogen-bond acceptors (Lipinski definition) is 2. The number of nitriles is 1. The molecule has 0 heterocycles. The molecule has 1 aliphatic rings. The van der Waals surface area contributed by atoms with E-state index < -0.39 is 0 Å². The van der Waals surface area contributed by atoms with Crippen LogP contribution in [-0.4, -0.2) is 11.0 Å². The Balaban J connectivity index is 2.14. The average Bonchev–Trinajstić information content (AvgIpc) is 2.60. The number of nitrogens with zero attached hydrogens (tertiary/aromatic N) is 1. The van der Waals surface area contributed by atoms with Crippen molar-refractivity contribution in [1.29, 1.82) is 5.26 Å². The second-order valence-electron chi connectivity index (χ2n) is 4.28. The predicted octanol–water partition coefficient (Wildman–Crippen LogP) is 3.07. The minimum Gasteiger partial charge on any atom is -0.198 e. The minimum absolute atomic E-state index is 0.582. The van der Waals surface area contributed by atoms with Crippen LogP contribution >= 0.6 is 11.8 Å². The SMILES string of the molecule is CC(SCCC#N)C1CC1(C)C. The largest absolute Gasteiger partial charge is 0.198 e. The molecular weight excluding hydrogens is 166 g/mol. The van der Waals surface area contributed by atoms with Crippen LogP contribution in [0.15, 0.2) is 0 Å². The highest BCUT2D eigenvalue weighted by atomic mass is 32.2. The second-order valence-corrected chi connectivity index (χ2v) is 5.77. The molecule has 0 bridgehead atoms. The number of thioether (sulfide) groups is 1. The zero-order valence-corrected chi connectivity index (χ0v) is 8.95. The molecule has 0 spiro atoms. The summed E-state index contributed by atoms with van der Waals surface area (Å²) in [6.07, 6.45) is 2.07. The van der Waals surface area contributed by atoms with E-state index in [4.69, 9.17) is 5.26 Å². The molecule has 0 aliphatic heterocycles. The first kappa shape index (κ1) is 9.92. The summed E-state index contributed by atoms with van der Waals surface area (Å²) >= 11 is 1.95. The lowest BCUT2D eigenvalue weighted by Crippen LogP contribution is -2.05. The molecule has 0 aromatic rings.